The van der Waals surface area contributed by atoms with E-state index in [2.05, 4.69) is 63.1 Å². The van der Waals surface area contributed by atoms with Crippen LogP contribution in [0.1, 0.15) is 57.6 Å². The molecule has 6 rings (SSSR count). The summed E-state index contributed by atoms with van der Waals surface area (Å²) < 4.78 is 49.5. The molecule has 0 amide bonds. The van der Waals surface area contributed by atoms with Crippen molar-refractivity contribution in [3.63, 3.8) is 0 Å². The number of aliphatic hydroxyl groups excluding tert-OH is 2. The van der Waals surface area contributed by atoms with E-state index in [1.165, 1.54) is 22.8 Å². The maximum absolute atomic E-state index is 14.1. The Morgan fingerprint density at radius 3 is 2.63 bits per heavy atom. The second-order valence-electron chi connectivity index (χ2n) is 12.9. The number of ether oxygens (including phenoxy) is 1. The van der Waals surface area contributed by atoms with E-state index in [1.807, 2.05) is 6.07 Å². The van der Waals surface area contributed by atoms with Crippen LogP contribution in [0.2, 0.25) is 0 Å². The Bertz CT molecular complexity index is 1590. The highest BCUT2D eigenvalue weighted by molar-refractivity contribution is 5.81. The van der Waals surface area contributed by atoms with Crippen molar-refractivity contribution in [2.75, 3.05) is 12.3 Å². The number of benzene rings is 1. The first-order valence-corrected chi connectivity index (χ1v) is 14.5. The highest BCUT2D eigenvalue weighted by atomic mass is 19.4. The zero-order chi connectivity index (χ0) is 30.7. The van der Waals surface area contributed by atoms with Crippen molar-refractivity contribution in [1.29, 1.82) is 0 Å². The lowest BCUT2D eigenvalue weighted by atomic mass is 9.69. The van der Waals surface area contributed by atoms with Crippen molar-refractivity contribution in [2.24, 2.45) is 11.8 Å². The lowest BCUT2D eigenvalue weighted by Gasteiger charge is -2.42. The lowest BCUT2D eigenvalue weighted by molar-refractivity contribution is -0.180. The number of aromatic amines is 1. The normalized spacial score (nSPS) is 27.2. The van der Waals surface area contributed by atoms with Crippen molar-refractivity contribution in [1.82, 2.24) is 34.8 Å². The van der Waals surface area contributed by atoms with E-state index >= 15 is 0 Å². The third-order valence-corrected chi connectivity index (χ3v) is 8.82. The Hall–Kier alpha value is -3.33. The number of anilines is 1. The van der Waals surface area contributed by atoms with Crippen LogP contribution < -0.4 is 11.1 Å². The van der Waals surface area contributed by atoms with Gasteiger partial charge in [-0.2, -0.15) is 13.2 Å². The monoisotopic (exact) mass is 602 g/mol. The summed E-state index contributed by atoms with van der Waals surface area (Å²) in [7, 11) is 0. The van der Waals surface area contributed by atoms with Crippen molar-refractivity contribution < 1.29 is 28.1 Å². The highest BCUT2D eigenvalue weighted by Crippen LogP contribution is 2.43. The molecular formula is C29H37F3N8O3. The van der Waals surface area contributed by atoms with E-state index in [4.69, 9.17) is 10.5 Å². The van der Waals surface area contributed by atoms with Gasteiger partial charge in [-0.1, -0.05) is 26.8 Å². The summed E-state index contributed by atoms with van der Waals surface area (Å²) in [6.45, 7) is 6.17. The molecule has 232 valence electrons. The fraction of sp³-hybridized carbons (Fsp3) is 0.586. The fourth-order valence-corrected chi connectivity index (χ4v) is 6.26. The van der Waals surface area contributed by atoms with Crippen LogP contribution in [0.4, 0.5) is 19.0 Å². The summed E-state index contributed by atoms with van der Waals surface area (Å²) in [5.41, 5.74) is 9.47. The first-order chi connectivity index (χ1) is 20.3. The van der Waals surface area contributed by atoms with E-state index in [0.717, 1.165) is 23.3 Å². The van der Waals surface area contributed by atoms with Crippen molar-refractivity contribution in [3.8, 4) is 0 Å². The summed E-state index contributed by atoms with van der Waals surface area (Å²) in [6.07, 6.45) is -4.62. The van der Waals surface area contributed by atoms with E-state index in [9.17, 15) is 23.4 Å². The van der Waals surface area contributed by atoms with Crippen molar-refractivity contribution >= 4 is 28.0 Å². The molecule has 3 aromatic heterocycles. The lowest BCUT2D eigenvalue weighted by Crippen LogP contribution is -2.54. The molecule has 1 aliphatic carbocycles. The SMILES string of the molecule is CC(C)(C)c1ccc2nc(CCC3CC(C(NC[C@H]4O[C@@H](n5cnc6c(N)ncnc65)[C@@H](O)[C@H]4O)C(F)(F)F)C3)[nH]c2c1. The van der Waals surface area contributed by atoms with Crippen LogP contribution in [0.5, 0.6) is 0 Å². The van der Waals surface area contributed by atoms with Crippen LogP contribution in [0.15, 0.2) is 30.9 Å². The molecule has 4 heterocycles. The number of aryl methyl sites for hydroxylation is 1. The van der Waals surface area contributed by atoms with Gasteiger partial charge in [0.1, 0.15) is 42.0 Å². The molecule has 1 unspecified atom stereocenters. The molecule has 4 aromatic rings. The Morgan fingerprint density at radius 1 is 1.14 bits per heavy atom. The Balaban J connectivity index is 1.04. The van der Waals surface area contributed by atoms with Crippen LogP contribution >= 0.6 is 0 Å². The van der Waals surface area contributed by atoms with Crippen molar-refractivity contribution in [2.45, 2.75) is 88.6 Å². The van der Waals surface area contributed by atoms with Crippen LogP contribution in [0.3, 0.4) is 0 Å². The minimum atomic E-state index is -4.48. The molecule has 11 nitrogen and oxygen atoms in total. The third kappa shape index (κ3) is 5.80. The number of H-pyrrole nitrogens is 1. The smallest absolute Gasteiger partial charge is 0.387 e. The maximum Gasteiger partial charge on any atom is 0.404 e. The molecule has 0 bridgehead atoms. The van der Waals surface area contributed by atoms with Crippen LogP contribution in [0.25, 0.3) is 22.2 Å². The number of rotatable bonds is 8. The number of alkyl halides is 3. The molecule has 2 aliphatic rings. The van der Waals surface area contributed by atoms with Gasteiger partial charge in [0.2, 0.25) is 0 Å². The standard InChI is InChI=1S/C29H37F3N8O3/c1-28(2,3)16-5-6-17-18(10-16)39-20(38-17)7-4-14-8-15(9-14)24(29(30,31)32)34-11-19-22(41)23(42)27(43-19)40-13-37-21-25(33)35-12-36-26(21)40/h5-6,10,12-15,19,22-24,27,34,41-42H,4,7-9,11H2,1-3H3,(H,38,39)(H2,33,35,36)/t14?,15?,19-,22+,23+,24?,27-/m1/s1. The number of hydrogen-bond donors (Lipinski definition) is 5. The molecule has 5 atom stereocenters. The van der Waals surface area contributed by atoms with Gasteiger partial charge in [-0.05, 0) is 54.2 Å². The average molecular weight is 603 g/mol. The molecule has 6 N–H and O–H groups in total. The third-order valence-electron chi connectivity index (χ3n) is 8.82. The van der Waals surface area contributed by atoms with Gasteiger partial charge in [0, 0.05) is 13.0 Å². The van der Waals surface area contributed by atoms with E-state index in [-0.39, 0.29) is 29.3 Å². The van der Waals surface area contributed by atoms with Crippen LogP contribution in [-0.2, 0) is 16.6 Å². The largest absolute Gasteiger partial charge is 0.404 e. The number of nitrogen functional groups attached to an aromatic ring is 1. The minimum Gasteiger partial charge on any atom is -0.387 e. The number of aromatic nitrogens is 6. The molecule has 43 heavy (non-hydrogen) atoms. The Labute approximate surface area is 246 Å². The van der Waals surface area contributed by atoms with Crippen molar-refractivity contribution in [3.05, 3.63) is 42.2 Å². The van der Waals surface area contributed by atoms with Crippen LogP contribution in [0, 0.1) is 11.8 Å². The molecule has 0 radical (unpaired) electrons. The molecule has 1 aromatic carbocycles. The van der Waals surface area contributed by atoms with Gasteiger partial charge in [0.15, 0.2) is 17.7 Å². The summed E-state index contributed by atoms with van der Waals surface area (Å²) in [6, 6.07) is 4.44. The molecule has 14 heteroatoms. The van der Waals surface area contributed by atoms with Gasteiger partial charge >= 0.3 is 6.18 Å². The fourth-order valence-electron chi connectivity index (χ4n) is 6.26. The quantitative estimate of drug-likeness (QED) is 0.204. The van der Waals surface area contributed by atoms with Gasteiger partial charge in [0.25, 0.3) is 0 Å². The van der Waals surface area contributed by atoms with Gasteiger partial charge in [-0.15, -0.1) is 0 Å². The number of aliphatic hydroxyl groups is 2. The predicted molar refractivity (Wildman–Crippen MR) is 153 cm³/mol. The number of nitrogens with zero attached hydrogens (tertiary/aromatic N) is 5. The van der Waals surface area contributed by atoms with E-state index < -0.39 is 42.7 Å². The zero-order valence-electron chi connectivity index (χ0n) is 24.2. The number of nitrogens with one attached hydrogen (secondary N) is 2. The summed E-state index contributed by atoms with van der Waals surface area (Å²) in [4.78, 5) is 20.1. The number of nitrogens with two attached hydrogens (primary N) is 1. The van der Waals surface area contributed by atoms with Gasteiger partial charge < -0.3 is 31.0 Å². The molecule has 1 saturated carbocycles. The maximum atomic E-state index is 14.1. The summed E-state index contributed by atoms with van der Waals surface area (Å²) in [5.74, 6) is 0.550. The van der Waals surface area contributed by atoms with E-state index in [1.54, 1.807) is 0 Å². The Kier molecular flexibility index (Phi) is 7.60. The first-order valence-electron chi connectivity index (χ1n) is 14.5. The second-order valence-corrected chi connectivity index (χ2v) is 12.9. The average Bonchev–Trinajstić information content (AvgIpc) is 3.60. The minimum absolute atomic E-state index is 0.0202. The molecule has 1 aliphatic heterocycles. The zero-order valence-corrected chi connectivity index (χ0v) is 24.2. The molecule has 0 spiro atoms. The first kappa shape index (κ1) is 29.7. The van der Waals surface area contributed by atoms with Crippen LogP contribution in [-0.4, -0.2) is 76.8 Å². The molecular weight excluding hydrogens is 565 g/mol. The summed E-state index contributed by atoms with van der Waals surface area (Å²) >= 11 is 0. The van der Waals surface area contributed by atoms with E-state index in [0.29, 0.717) is 24.8 Å². The number of fused-ring (bicyclic) bond motifs is 2. The topological polar surface area (TPSA) is 160 Å². The second kappa shape index (κ2) is 11.0. The Morgan fingerprint density at radius 2 is 1.91 bits per heavy atom. The molecule has 2 fully saturated rings. The summed E-state index contributed by atoms with van der Waals surface area (Å²) in [5, 5.41) is 23.8. The molecule has 1 saturated heterocycles. The predicted octanol–water partition coefficient (Wildman–Crippen LogP) is 3.38. The van der Waals surface area contributed by atoms with Gasteiger partial charge in [0.05, 0.1) is 17.4 Å². The number of halogens is 3. The number of imidazole rings is 2. The highest BCUT2D eigenvalue weighted by Gasteiger charge is 2.50. The number of hydrogen-bond acceptors (Lipinski definition) is 9. The van der Waals surface area contributed by atoms with Gasteiger partial charge in [-0.3, -0.25) is 4.57 Å². The van der Waals surface area contributed by atoms with Gasteiger partial charge in [-0.25, -0.2) is 19.9 Å².